The summed E-state index contributed by atoms with van der Waals surface area (Å²) in [6.45, 7) is 6.33. The molecule has 5 rings (SSSR count). The van der Waals surface area contributed by atoms with Crippen molar-refractivity contribution in [1.29, 1.82) is 0 Å². The number of anilines is 3. The fourth-order valence-corrected chi connectivity index (χ4v) is 6.32. The van der Waals surface area contributed by atoms with Crippen LogP contribution in [-0.4, -0.2) is 47.3 Å². The molecule has 1 atom stereocenters. The number of nitrogens with one attached hydrogen (secondary N) is 2. The lowest BCUT2D eigenvalue weighted by atomic mass is 9.79. The Bertz CT molecular complexity index is 984. The predicted molar refractivity (Wildman–Crippen MR) is 150 cm³/mol. The van der Waals surface area contributed by atoms with Crippen molar-refractivity contribution in [2.24, 2.45) is 0 Å². The first-order chi connectivity index (χ1) is 17.1. The van der Waals surface area contributed by atoms with Crippen molar-refractivity contribution in [1.82, 2.24) is 15.3 Å². The maximum Gasteiger partial charge on any atom is 0.232 e. The summed E-state index contributed by atoms with van der Waals surface area (Å²) in [6, 6.07) is 13.6. The number of rotatable bonds is 6. The van der Waals surface area contributed by atoms with Crippen molar-refractivity contribution < 1.29 is 0 Å². The molecule has 3 heterocycles. The molecule has 0 amide bonds. The van der Waals surface area contributed by atoms with Gasteiger partial charge in [-0.25, -0.2) is 0 Å². The highest BCUT2D eigenvalue weighted by atomic mass is 32.1. The summed E-state index contributed by atoms with van der Waals surface area (Å²) in [5.41, 5.74) is 1.57. The van der Waals surface area contributed by atoms with Crippen LogP contribution in [-0.2, 0) is 5.41 Å². The summed E-state index contributed by atoms with van der Waals surface area (Å²) in [5.74, 6) is 2.66. The van der Waals surface area contributed by atoms with Gasteiger partial charge in [0.15, 0.2) is 5.11 Å². The highest BCUT2D eigenvalue weighted by Gasteiger charge is 2.35. The van der Waals surface area contributed by atoms with Gasteiger partial charge in [0.1, 0.15) is 11.6 Å². The molecule has 0 spiro atoms. The number of benzene rings is 1. The average Bonchev–Trinajstić information content (AvgIpc) is 3.39. The zero-order valence-electron chi connectivity index (χ0n) is 21.1. The second-order valence-corrected chi connectivity index (χ2v) is 11.1. The Morgan fingerprint density at radius 2 is 1.66 bits per heavy atom. The molecule has 3 aliphatic rings. The second-order valence-electron chi connectivity index (χ2n) is 10.7. The highest BCUT2D eigenvalue weighted by Crippen LogP contribution is 2.40. The van der Waals surface area contributed by atoms with Crippen LogP contribution in [0.1, 0.15) is 76.7 Å². The van der Waals surface area contributed by atoms with Crippen molar-refractivity contribution in [2.45, 2.75) is 82.6 Å². The van der Waals surface area contributed by atoms with Crippen LogP contribution in [0, 0.1) is 0 Å². The van der Waals surface area contributed by atoms with E-state index in [0.717, 1.165) is 37.8 Å². The summed E-state index contributed by atoms with van der Waals surface area (Å²) in [6.07, 6.45) is 12.4. The second kappa shape index (κ2) is 11.1. The van der Waals surface area contributed by atoms with E-state index in [1.807, 2.05) is 0 Å². The molecular weight excluding hydrogens is 452 g/mol. The van der Waals surface area contributed by atoms with Gasteiger partial charge in [-0.2, -0.15) is 9.97 Å². The van der Waals surface area contributed by atoms with Gasteiger partial charge in [-0.1, -0.05) is 43.2 Å². The Kier molecular flexibility index (Phi) is 7.71. The van der Waals surface area contributed by atoms with Crippen molar-refractivity contribution in [3.05, 3.63) is 42.0 Å². The van der Waals surface area contributed by atoms with Gasteiger partial charge >= 0.3 is 0 Å². The lowest BCUT2D eigenvalue weighted by Crippen LogP contribution is -2.41. The third-order valence-electron chi connectivity index (χ3n) is 8.24. The molecule has 1 aliphatic carbocycles. The first-order valence-electron chi connectivity index (χ1n) is 13.6. The third-order valence-corrected chi connectivity index (χ3v) is 8.48. The van der Waals surface area contributed by atoms with Crippen molar-refractivity contribution in [3.63, 3.8) is 0 Å². The van der Waals surface area contributed by atoms with Gasteiger partial charge in [-0.15, -0.1) is 0 Å². The van der Waals surface area contributed by atoms with E-state index < -0.39 is 0 Å². The molecule has 0 radical (unpaired) electrons. The molecule has 1 saturated carbocycles. The van der Waals surface area contributed by atoms with Crippen LogP contribution >= 0.6 is 12.2 Å². The lowest BCUT2D eigenvalue weighted by Gasteiger charge is -2.35. The van der Waals surface area contributed by atoms with E-state index in [1.54, 1.807) is 0 Å². The van der Waals surface area contributed by atoms with E-state index in [4.69, 9.17) is 22.2 Å². The van der Waals surface area contributed by atoms with Gasteiger partial charge in [0.2, 0.25) is 5.95 Å². The van der Waals surface area contributed by atoms with Crippen LogP contribution in [0.5, 0.6) is 0 Å². The first-order valence-corrected chi connectivity index (χ1v) is 14.0. The monoisotopic (exact) mass is 492 g/mol. The summed E-state index contributed by atoms with van der Waals surface area (Å²) in [4.78, 5) is 14.7. The van der Waals surface area contributed by atoms with Gasteiger partial charge in [0.25, 0.3) is 0 Å². The Hall–Kier alpha value is -2.41. The minimum absolute atomic E-state index is 0.151. The normalized spacial score (nSPS) is 22.1. The molecule has 0 bridgehead atoms. The minimum atomic E-state index is 0.151. The molecule has 2 saturated heterocycles. The molecule has 188 valence electrons. The zero-order valence-corrected chi connectivity index (χ0v) is 22.0. The van der Waals surface area contributed by atoms with E-state index in [2.05, 4.69) is 63.8 Å². The molecule has 2 N–H and O–H groups in total. The van der Waals surface area contributed by atoms with Crippen molar-refractivity contribution >= 4 is 34.9 Å². The largest absolute Gasteiger partial charge is 0.361 e. The molecule has 1 aromatic carbocycles. The summed E-state index contributed by atoms with van der Waals surface area (Å²) in [5, 5.41) is 7.50. The molecule has 1 aromatic heterocycles. The van der Waals surface area contributed by atoms with Gasteiger partial charge < -0.3 is 20.4 Å². The van der Waals surface area contributed by atoms with Crippen molar-refractivity contribution in [3.8, 4) is 0 Å². The van der Waals surface area contributed by atoms with Gasteiger partial charge in [-0.3, -0.25) is 0 Å². The minimum Gasteiger partial charge on any atom is -0.361 e. The topological polar surface area (TPSA) is 56.3 Å². The molecular formula is C28H40N6S. The highest BCUT2D eigenvalue weighted by molar-refractivity contribution is 7.80. The fourth-order valence-electron chi connectivity index (χ4n) is 6.15. The standard InChI is InChI=1S/C28H40N6S/c1-22-12-6-11-19-34(22)25-20-24(33-17-9-3-10-18-33)30-26(31-25)32-27(35)29-21-28(15-7-8-16-28)23-13-4-2-5-14-23/h2,4-5,13-14,20,22H,3,6-12,15-19,21H2,1H3,(H2,29,30,31,32,35)/t22-/m0/s1. The Labute approximate surface area is 215 Å². The number of hydrogen-bond acceptors (Lipinski definition) is 5. The number of piperidine rings is 2. The van der Waals surface area contributed by atoms with Crippen LogP contribution in [0.3, 0.4) is 0 Å². The van der Waals surface area contributed by atoms with Gasteiger partial charge in [0.05, 0.1) is 0 Å². The quantitative estimate of drug-likeness (QED) is 0.506. The maximum atomic E-state index is 5.76. The molecule has 3 fully saturated rings. The van der Waals surface area contributed by atoms with E-state index in [0.29, 0.717) is 17.1 Å². The van der Waals surface area contributed by atoms with E-state index >= 15 is 0 Å². The Balaban J connectivity index is 1.32. The SMILES string of the molecule is C[C@H]1CCCCN1c1cc(N2CCCCC2)nc(NC(=S)NCC2(c3ccccc3)CCCC2)n1. The van der Waals surface area contributed by atoms with Gasteiger partial charge in [-0.05, 0) is 76.1 Å². The van der Waals surface area contributed by atoms with E-state index in [1.165, 1.54) is 69.8 Å². The number of nitrogens with zero attached hydrogens (tertiary/aromatic N) is 4. The van der Waals surface area contributed by atoms with E-state index in [-0.39, 0.29) is 5.41 Å². The summed E-state index contributed by atoms with van der Waals surface area (Å²) < 4.78 is 0. The average molecular weight is 493 g/mol. The zero-order chi connectivity index (χ0) is 24.1. The molecule has 2 aromatic rings. The maximum absolute atomic E-state index is 5.76. The number of aromatic nitrogens is 2. The fraction of sp³-hybridized carbons (Fsp3) is 0.607. The number of thiocarbonyl (C=S) groups is 1. The lowest BCUT2D eigenvalue weighted by molar-refractivity contribution is 0.435. The molecule has 0 unspecified atom stereocenters. The van der Waals surface area contributed by atoms with Crippen molar-refractivity contribution in [2.75, 3.05) is 41.3 Å². The van der Waals surface area contributed by atoms with Crippen LogP contribution in [0.25, 0.3) is 0 Å². The van der Waals surface area contributed by atoms with Crippen LogP contribution < -0.4 is 20.4 Å². The number of hydrogen-bond donors (Lipinski definition) is 2. The van der Waals surface area contributed by atoms with Crippen LogP contribution in [0.2, 0.25) is 0 Å². The molecule has 2 aliphatic heterocycles. The van der Waals surface area contributed by atoms with Gasteiger partial charge in [0, 0.05) is 43.7 Å². The smallest absolute Gasteiger partial charge is 0.232 e. The molecule has 7 heteroatoms. The Morgan fingerprint density at radius 1 is 0.943 bits per heavy atom. The first kappa shape index (κ1) is 24.3. The van der Waals surface area contributed by atoms with Crippen LogP contribution in [0.4, 0.5) is 17.6 Å². The van der Waals surface area contributed by atoms with Crippen LogP contribution in [0.15, 0.2) is 36.4 Å². The molecule has 6 nitrogen and oxygen atoms in total. The third kappa shape index (κ3) is 5.71. The summed E-state index contributed by atoms with van der Waals surface area (Å²) >= 11 is 5.76. The van der Waals surface area contributed by atoms with E-state index in [9.17, 15) is 0 Å². The Morgan fingerprint density at radius 3 is 2.40 bits per heavy atom. The molecule has 35 heavy (non-hydrogen) atoms. The predicted octanol–water partition coefficient (Wildman–Crippen LogP) is 5.64. The summed E-state index contributed by atoms with van der Waals surface area (Å²) in [7, 11) is 0.